The van der Waals surface area contributed by atoms with Crippen molar-refractivity contribution < 1.29 is 17.9 Å². The lowest BCUT2D eigenvalue weighted by Crippen LogP contribution is -2.37. The van der Waals surface area contributed by atoms with Crippen molar-refractivity contribution in [1.82, 2.24) is 14.5 Å². The van der Waals surface area contributed by atoms with Gasteiger partial charge in [0.05, 0.1) is 5.02 Å². The summed E-state index contributed by atoms with van der Waals surface area (Å²) in [6.07, 6.45) is 1.64. The molecule has 0 saturated carbocycles. The van der Waals surface area contributed by atoms with E-state index in [0.717, 1.165) is 24.2 Å². The number of nitrogens with one attached hydrogen (secondary N) is 1. The Labute approximate surface area is 166 Å². The molecule has 1 aliphatic heterocycles. The molecule has 0 bridgehead atoms. The molecule has 0 spiro atoms. The van der Waals surface area contributed by atoms with Gasteiger partial charge in [0.1, 0.15) is 5.75 Å². The number of nitrogens with zero attached hydrogens (tertiary/aromatic N) is 3. The molecule has 3 rings (SSSR count). The van der Waals surface area contributed by atoms with Gasteiger partial charge in [-0.25, -0.2) is 8.42 Å². The number of carbonyl (C=O) groups is 1. The average Bonchev–Trinajstić information content (AvgIpc) is 3.11. The molecule has 1 aromatic carbocycles. The van der Waals surface area contributed by atoms with E-state index >= 15 is 0 Å². The van der Waals surface area contributed by atoms with Crippen molar-refractivity contribution in [2.75, 3.05) is 25.0 Å². The van der Waals surface area contributed by atoms with E-state index in [0.29, 0.717) is 29.8 Å². The zero-order chi connectivity index (χ0) is 19.4. The normalized spacial score (nSPS) is 16.2. The number of piperidine rings is 1. The van der Waals surface area contributed by atoms with Crippen LogP contribution in [0.4, 0.5) is 5.13 Å². The Morgan fingerprint density at radius 2 is 2.04 bits per heavy atom. The number of benzene rings is 1. The van der Waals surface area contributed by atoms with Gasteiger partial charge in [0.25, 0.3) is 15.9 Å². The van der Waals surface area contributed by atoms with E-state index in [-0.39, 0.29) is 16.1 Å². The Bertz CT molecular complexity index is 911. The number of rotatable bonds is 6. The van der Waals surface area contributed by atoms with E-state index in [1.165, 1.54) is 4.31 Å². The molecule has 0 unspecified atom stereocenters. The summed E-state index contributed by atoms with van der Waals surface area (Å²) >= 11 is 6.78. The highest BCUT2D eigenvalue weighted by molar-refractivity contribution is 7.91. The van der Waals surface area contributed by atoms with E-state index in [4.69, 9.17) is 16.3 Å². The van der Waals surface area contributed by atoms with Gasteiger partial charge in [-0.2, -0.15) is 4.31 Å². The minimum absolute atomic E-state index is 0.103. The largest absolute Gasteiger partial charge is 0.482 e. The van der Waals surface area contributed by atoms with Crippen molar-refractivity contribution in [1.29, 1.82) is 0 Å². The third kappa shape index (κ3) is 4.95. The summed E-state index contributed by atoms with van der Waals surface area (Å²) < 4.78 is 31.9. The second-order valence-electron chi connectivity index (χ2n) is 6.23. The number of para-hydroxylation sites is 1. The molecule has 2 aromatic rings. The molecule has 1 aromatic heterocycles. The zero-order valence-corrected chi connectivity index (χ0v) is 17.0. The van der Waals surface area contributed by atoms with E-state index in [1.807, 2.05) is 0 Å². The van der Waals surface area contributed by atoms with Crippen LogP contribution in [0.5, 0.6) is 5.75 Å². The van der Waals surface area contributed by atoms with Crippen LogP contribution < -0.4 is 10.1 Å². The molecule has 2 heterocycles. The second kappa shape index (κ2) is 8.51. The van der Waals surface area contributed by atoms with Crippen molar-refractivity contribution in [2.24, 2.45) is 5.92 Å². The van der Waals surface area contributed by atoms with Gasteiger partial charge in [0, 0.05) is 13.1 Å². The maximum atomic E-state index is 12.6. The Morgan fingerprint density at radius 3 is 2.74 bits per heavy atom. The Balaban J connectivity index is 1.59. The fourth-order valence-electron chi connectivity index (χ4n) is 2.56. The lowest BCUT2D eigenvalue weighted by molar-refractivity contribution is -0.118. The van der Waals surface area contributed by atoms with Gasteiger partial charge in [-0.15, -0.1) is 10.2 Å². The first-order valence-electron chi connectivity index (χ1n) is 8.37. The van der Waals surface area contributed by atoms with Crippen molar-refractivity contribution in [3.05, 3.63) is 29.3 Å². The predicted molar refractivity (Wildman–Crippen MR) is 103 cm³/mol. The highest BCUT2D eigenvalue weighted by Crippen LogP contribution is 2.27. The minimum Gasteiger partial charge on any atom is -0.482 e. The summed E-state index contributed by atoms with van der Waals surface area (Å²) in [6, 6.07) is 6.78. The van der Waals surface area contributed by atoms with Crippen molar-refractivity contribution in [3.63, 3.8) is 0 Å². The van der Waals surface area contributed by atoms with Gasteiger partial charge < -0.3 is 4.74 Å². The average molecular weight is 431 g/mol. The van der Waals surface area contributed by atoms with Crippen molar-refractivity contribution in [3.8, 4) is 5.75 Å². The molecule has 1 fully saturated rings. The molecule has 0 atom stereocenters. The molecular formula is C16H19ClN4O4S2. The third-order valence-corrected chi connectivity index (χ3v) is 7.55. The number of aromatic nitrogens is 2. The topological polar surface area (TPSA) is 101 Å². The van der Waals surface area contributed by atoms with E-state index in [9.17, 15) is 13.2 Å². The molecule has 0 radical (unpaired) electrons. The maximum Gasteiger partial charge on any atom is 0.272 e. The van der Waals surface area contributed by atoms with E-state index in [1.54, 1.807) is 24.3 Å². The molecule has 8 nitrogen and oxygen atoms in total. The number of hydrogen-bond donors (Lipinski definition) is 1. The number of carbonyl (C=O) groups excluding carboxylic acids is 1. The predicted octanol–water partition coefficient (Wildman–Crippen LogP) is 2.63. The first-order valence-corrected chi connectivity index (χ1v) is 11.0. The summed E-state index contributed by atoms with van der Waals surface area (Å²) in [5, 5.41) is 10.5. The molecular weight excluding hydrogens is 412 g/mol. The second-order valence-corrected chi connectivity index (χ2v) is 9.72. The lowest BCUT2D eigenvalue weighted by atomic mass is 10.0. The van der Waals surface area contributed by atoms with Crippen LogP contribution >= 0.6 is 22.9 Å². The smallest absolute Gasteiger partial charge is 0.272 e. The number of anilines is 1. The third-order valence-electron chi connectivity index (χ3n) is 4.15. The van der Waals surface area contributed by atoms with Crippen molar-refractivity contribution in [2.45, 2.75) is 24.1 Å². The quantitative estimate of drug-likeness (QED) is 0.707. The number of sulfonamides is 1. The summed E-state index contributed by atoms with van der Waals surface area (Å²) in [7, 11) is -3.68. The highest BCUT2D eigenvalue weighted by atomic mass is 35.5. The lowest BCUT2D eigenvalue weighted by Gasteiger charge is -2.28. The summed E-state index contributed by atoms with van der Waals surface area (Å²) in [4.78, 5) is 12.0. The summed E-state index contributed by atoms with van der Waals surface area (Å²) in [5.74, 6) is 0.412. The van der Waals surface area contributed by atoms with Crippen LogP contribution in [0.1, 0.15) is 19.8 Å². The molecule has 1 saturated heterocycles. The van der Waals surface area contributed by atoms with Gasteiger partial charge in [0.15, 0.2) is 6.61 Å². The van der Waals surface area contributed by atoms with E-state index in [2.05, 4.69) is 22.4 Å². The highest BCUT2D eigenvalue weighted by Gasteiger charge is 2.31. The fourth-order valence-corrected chi connectivity index (χ4v) is 5.28. The van der Waals surface area contributed by atoms with Gasteiger partial charge in [-0.3, -0.25) is 10.1 Å². The number of halogens is 1. The monoisotopic (exact) mass is 430 g/mol. The fraction of sp³-hybridized carbons (Fsp3) is 0.438. The number of ether oxygens (including phenoxy) is 1. The summed E-state index contributed by atoms with van der Waals surface area (Å²) in [5.41, 5.74) is 0. The van der Waals surface area contributed by atoms with Gasteiger partial charge >= 0.3 is 0 Å². The molecule has 27 heavy (non-hydrogen) atoms. The molecule has 1 N–H and O–H groups in total. The Morgan fingerprint density at radius 1 is 1.33 bits per heavy atom. The van der Waals surface area contributed by atoms with Crippen LogP contribution in [0.25, 0.3) is 0 Å². The first kappa shape index (κ1) is 20.0. The van der Waals surface area contributed by atoms with Crippen LogP contribution in [-0.4, -0.2) is 48.5 Å². The Hall–Kier alpha value is -1.75. The molecule has 1 aliphatic rings. The van der Waals surface area contributed by atoms with E-state index < -0.39 is 15.9 Å². The van der Waals surface area contributed by atoms with Crippen LogP contribution in [0.15, 0.2) is 28.6 Å². The van der Waals surface area contributed by atoms with Gasteiger partial charge in [-0.05, 0) is 30.9 Å². The van der Waals surface area contributed by atoms with Crippen molar-refractivity contribution >= 4 is 44.0 Å². The van der Waals surface area contributed by atoms with Crippen LogP contribution in [0, 0.1) is 5.92 Å². The summed E-state index contributed by atoms with van der Waals surface area (Å²) in [6.45, 7) is 2.76. The Kier molecular flexibility index (Phi) is 6.30. The number of hydrogen-bond acceptors (Lipinski definition) is 7. The molecule has 1 amide bonds. The van der Waals surface area contributed by atoms with Crippen LogP contribution in [0.3, 0.4) is 0 Å². The maximum absolute atomic E-state index is 12.6. The van der Waals surface area contributed by atoms with Gasteiger partial charge in [-0.1, -0.05) is 42.0 Å². The first-order chi connectivity index (χ1) is 12.9. The van der Waals surface area contributed by atoms with Crippen LogP contribution in [-0.2, 0) is 14.8 Å². The zero-order valence-electron chi connectivity index (χ0n) is 14.6. The van der Waals surface area contributed by atoms with Crippen LogP contribution in [0.2, 0.25) is 5.02 Å². The molecule has 146 valence electrons. The molecule has 11 heteroatoms. The standard InChI is InChI=1S/C16H19ClN4O4S2/c1-11-6-8-21(9-7-11)27(23,24)16-20-19-15(26-16)18-14(22)10-25-13-5-3-2-4-12(13)17/h2-5,11H,6-10H2,1H3,(H,18,19,22). The molecule has 0 aliphatic carbocycles. The minimum atomic E-state index is -3.68. The number of amides is 1. The van der Waals surface area contributed by atoms with Gasteiger partial charge in [0.2, 0.25) is 9.47 Å². The SMILES string of the molecule is CC1CCN(S(=O)(=O)c2nnc(NC(=O)COc3ccccc3Cl)s2)CC1.